The topological polar surface area (TPSA) is 153 Å². The van der Waals surface area contributed by atoms with E-state index < -0.39 is 47.8 Å². The molecule has 11 nitrogen and oxygen atoms in total. The average molecular weight is 597 g/mol. The van der Waals surface area contributed by atoms with E-state index in [1.54, 1.807) is 12.3 Å². The number of aromatic nitrogens is 5. The van der Waals surface area contributed by atoms with Crippen LogP contribution in [0.1, 0.15) is 84.3 Å². The van der Waals surface area contributed by atoms with Crippen molar-refractivity contribution in [1.29, 1.82) is 0 Å². The van der Waals surface area contributed by atoms with E-state index in [4.69, 9.17) is 10.4 Å². The fourth-order valence-corrected chi connectivity index (χ4v) is 6.03. The van der Waals surface area contributed by atoms with E-state index in [1.807, 2.05) is 5.32 Å². The molecule has 42 heavy (non-hydrogen) atoms. The monoisotopic (exact) mass is 596 g/mol. The number of carbonyl (C=O) groups excluding carboxylic acids is 2. The minimum Gasteiger partial charge on any atom is -0.344 e. The quantitative estimate of drug-likeness (QED) is 0.335. The zero-order chi connectivity index (χ0) is 29.9. The molecule has 1 aliphatic heterocycles. The first-order valence-electron chi connectivity index (χ1n) is 13.8. The molecular formula is C26H29F5N8O3. The second-order valence-electron chi connectivity index (χ2n) is 11.7. The van der Waals surface area contributed by atoms with Gasteiger partial charge >= 0.3 is 6.18 Å². The van der Waals surface area contributed by atoms with E-state index in [0.29, 0.717) is 22.6 Å². The number of carbonyl (C=O) groups is 2. The predicted molar refractivity (Wildman–Crippen MR) is 134 cm³/mol. The van der Waals surface area contributed by atoms with Gasteiger partial charge in [0.1, 0.15) is 11.7 Å². The fraction of sp³-hybridized carbons (Fsp3) is 0.615. The fourth-order valence-electron chi connectivity index (χ4n) is 6.03. The van der Waals surface area contributed by atoms with E-state index in [2.05, 4.69) is 25.7 Å². The van der Waals surface area contributed by atoms with Crippen molar-refractivity contribution in [3.8, 4) is 0 Å². The van der Waals surface area contributed by atoms with Gasteiger partial charge in [0.25, 0.3) is 5.91 Å². The summed E-state index contributed by atoms with van der Waals surface area (Å²) in [5, 5.41) is 16.8. The summed E-state index contributed by atoms with van der Waals surface area (Å²) >= 11 is 0. The summed E-state index contributed by atoms with van der Waals surface area (Å²) in [5.74, 6) is -4.38. The van der Waals surface area contributed by atoms with Gasteiger partial charge in [0.2, 0.25) is 11.8 Å². The maximum absolute atomic E-state index is 14.0. The van der Waals surface area contributed by atoms with Gasteiger partial charge in [-0.25, -0.2) is 22.9 Å². The molecular weight excluding hydrogens is 567 g/mol. The molecule has 0 spiro atoms. The molecule has 2 aliphatic carbocycles. The summed E-state index contributed by atoms with van der Waals surface area (Å²) in [5.41, 5.74) is 5.98. The molecule has 0 unspecified atom stereocenters. The predicted octanol–water partition coefficient (Wildman–Crippen LogP) is 3.22. The maximum Gasteiger partial charge on any atom is 0.408 e. The van der Waals surface area contributed by atoms with Gasteiger partial charge in [-0.05, 0) is 61.2 Å². The third kappa shape index (κ3) is 5.43. The number of alkyl halides is 5. The Labute approximate surface area is 235 Å². The second-order valence-corrected chi connectivity index (χ2v) is 11.7. The third-order valence-corrected chi connectivity index (χ3v) is 8.64. The molecule has 3 atom stereocenters. The largest absolute Gasteiger partial charge is 0.408 e. The zero-order valence-electron chi connectivity index (χ0n) is 22.3. The molecule has 4 heterocycles. The van der Waals surface area contributed by atoms with Gasteiger partial charge in [0.15, 0.2) is 11.3 Å². The maximum atomic E-state index is 14.0. The molecule has 0 bridgehead atoms. The van der Waals surface area contributed by atoms with Crippen molar-refractivity contribution >= 4 is 17.5 Å². The lowest BCUT2D eigenvalue weighted by molar-refractivity contribution is -0.155. The Bertz CT molecular complexity index is 1490. The first-order chi connectivity index (χ1) is 19.9. The highest BCUT2D eigenvalue weighted by atomic mass is 19.4. The van der Waals surface area contributed by atoms with Crippen molar-refractivity contribution in [1.82, 2.24) is 35.5 Å². The Morgan fingerprint density at radius 3 is 2.60 bits per heavy atom. The van der Waals surface area contributed by atoms with E-state index >= 15 is 0 Å². The Morgan fingerprint density at radius 1 is 1.21 bits per heavy atom. The number of nitrogens with one attached hydrogen (secondary N) is 2. The van der Waals surface area contributed by atoms with Gasteiger partial charge in [-0.2, -0.15) is 18.3 Å². The van der Waals surface area contributed by atoms with Gasteiger partial charge in [-0.3, -0.25) is 9.59 Å². The summed E-state index contributed by atoms with van der Waals surface area (Å²) in [6.45, 7) is -0.295. The second kappa shape index (κ2) is 10.2. The van der Waals surface area contributed by atoms with Crippen LogP contribution in [-0.2, 0) is 11.2 Å². The Balaban J connectivity index is 1.27. The Kier molecular flexibility index (Phi) is 6.93. The summed E-state index contributed by atoms with van der Waals surface area (Å²) in [4.78, 5) is 30.5. The van der Waals surface area contributed by atoms with Gasteiger partial charge in [-0.15, -0.1) is 0 Å². The zero-order valence-corrected chi connectivity index (χ0v) is 22.3. The Morgan fingerprint density at radius 2 is 1.95 bits per heavy atom. The van der Waals surface area contributed by atoms with Crippen LogP contribution in [0.15, 0.2) is 23.1 Å². The lowest BCUT2D eigenvalue weighted by Crippen LogP contribution is -2.41. The number of imidazole rings is 1. The highest BCUT2D eigenvalue weighted by Gasteiger charge is 2.55. The SMILES string of the molecule is NC[C@]1(Cc2cnn3cc([C@@H](NC(=O)c4nonc4C4CC4)C4CCC(F)(F)CC4)nc3c2)C[C@@H](C(F)(F)F)NC1=O. The molecule has 3 aliphatic rings. The van der Waals surface area contributed by atoms with Gasteiger partial charge in [0.05, 0.1) is 29.5 Å². The summed E-state index contributed by atoms with van der Waals surface area (Å²) in [7, 11) is 0. The van der Waals surface area contributed by atoms with Gasteiger partial charge in [-0.1, -0.05) is 5.16 Å². The number of fused-ring (bicyclic) bond motifs is 1. The highest BCUT2D eigenvalue weighted by Crippen LogP contribution is 2.43. The smallest absolute Gasteiger partial charge is 0.344 e. The number of nitrogens with zero attached hydrogens (tertiary/aromatic N) is 5. The van der Waals surface area contributed by atoms with Crippen molar-refractivity contribution in [3.63, 3.8) is 0 Å². The lowest BCUT2D eigenvalue weighted by Gasteiger charge is -2.33. The number of halogens is 5. The molecule has 0 radical (unpaired) electrons. The lowest BCUT2D eigenvalue weighted by atomic mass is 9.79. The summed E-state index contributed by atoms with van der Waals surface area (Å²) in [6.07, 6.45) is -0.858. The van der Waals surface area contributed by atoms with Crippen LogP contribution in [0.2, 0.25) is 0 Å². The van der Waals surface area contributed by atoms with E-state index in [9.17, 15) is 31.5 Å². The highest BCUT2D eigenvalue weighted by molar-refractivity contribution is 5.93. The molecule has 3 aromatic heterocycles. The number of rotatable bonds is 8. The molecule has 16 heteroatoms. The standard InChI is InChI=1S/C26H29F5N8O3/c27-25(28)5-3-15(4-6-25)19(36-22(40)21-20(14-1-2-14)37-42-38-21)16-11-39-18(34-16)7-13(10-33-39)8-24(12-32)9-17(26(29,30)31)35-23(24)41/h7,10-11,14-15,17,19H,1-6,8-9,12,32H2,(H,35,41)(H,36,40)/t17-,19-,24-/m0/s1. The van der Waals surface area contributed by atoms with Crippen molar-refractivity contribution in [3.05, 3.63) is 41.1 Å². The number of nitrogens with two attached hydrogens (primary N) is 1. The molecule has 6 rings (SSSR count). The van der Waals surface area contributed by atoms with Gasteiger partial charge < -0.3 is 16.4 Å². The molecule has 3 aromatic rings. The van der Waals surface area contributed by atoms with Crippen LogP contribution in [-0.4, -0.2) is 61.4 Å². The third-order valence-electron chi connectivity index (χ3n) is 8.64. The van der Waals surface area contributed by atoms with Crippen molar-refractivity contribution < 1.29 is 36.2 Å². The first kappa shape index (κ1) is 28.4. The summed E-state index contributed by atoms with van der Waals surface area (Å²) in [6, 6.07) is -1.16. The van der Waals surface area contributed by atoms with Crippen LogP contribution >= 0.6 is 0 Å². The normalized spacial score (nSPS) is 25.5. The van der Waals surface area contributed by atoms with E-state index in [1.165, 1.54) is 10.7 Å². The molecule has 3 fully saturated rings. The number of amides is 2. The number of hydrogen-bond acceptors (Lipinski definition) is 8. The van der Waals surface area contributed by atoms with Crippen LogP contribution in [0.5, 0.6) is 0 Å². The van der Waals surface area contributed by atoms with Crippen molar-refractivity contribution in [2.75, 3.05) is 6.54 Å². The van der Waals surface area contributed by atoms with Crippen LogP contribution in [0, 0.1) is 11.3 Å². The average Bonchev–Trinajstić information content (AvgIpc) is 3.35. The van der Waals surface area contributed by atoms with E-state index in [0.717, 1.165) is 12.8 Å². The van der Waals surface area contributed by atoms with Crippen LogP contribution < -0.4 is 16.4 Å². The van der Waals surface area contributed by atoms with Crippen molar-refractivity contribution in [2.24, 2.45) is 17.1 Å². The minimum absolute atomic E-state index is 0.0481. The Hall–Kier alpha value is -3.69. The number of hydrogen-bond donors (Lipinski definition) is 3. The molecule has 4 N–H and O–H groups in total. The van der Waals surface area contributed by atoms with Gasteiger partial charge in [0, 0.05) is 25.3 Å². The summed E-state index contributed by atoms with van der Waals surface area (Å²) < 4.78 is 74.1. The molecule has 1 saturated heterocycles. The molecule has 0 aromatic carbocycles. The van der Waals surface area contributed by atoms with E-state index in [-0.39, 0.29) is 56.2 Å². The first-order valence-corrected chi connectivity index (χ1v) is 13.8. The minimum atomic E-state index is -4.60. The van der Waals surface area contributed by atoms with Crippen LogP contribution in [0.4, 0.5) is 22.0 Å². The molecule has 2 amide bonds. The molecule has 226 valence electrons. The van der Waals surface area contributed by atoms with Crippen LogP contribution in [0.25, 0.3) is 5.65 Å². The van der Waals surface area contributed by atoms with Crippen LogP contribution in [0.3, 0.4) is 0 Å². The molecule has 2 saturated carbocycles. The van der Waals surface area contributed by atoms with Crippen molar-refractivity contribution in [2.45, 2.75) is 81.5 Å².